The van der Waals surface area contributed by atoms with Gasteiger partial charge in [-0.3, -0.25) is 27.8 Å². The lowest BCUT2D eigenvalue weighted by molar-refractivity contribution is 0.186. The number of hydrogen-bond donors (Lipinski definition) is 5. The maximum absolute atomic E-state index is 15.1. The van der Waals surface area contributed by atoms with Gasteiger partial charge in [-0.1, -0.05) is 18.2 Å². The summed E-state index contributed by atoms with van der Waals surface area (Å²) in [5, 5.41) is 12.5. The van der Waals surface area contributed by atoms with Crippen molar-refractivity contribution in [1.29, 1.82) is 0 Å². The molecule has 5 N–H and O–H groups in total. The van der Waals surface area contributed by atoms with Crippen LogP contribution in [0.4, 0.5) is 34.8 Å². The predicted molar refractivity (Wildman–Crippen MR) is 349 cm³/mol. The number of fused-ring (bicyclic) bond motifs is 2. The van der Waals surface area contributed by atoms with Crippen LogP contribution in [0.2, 0.25) is 0 Å². The van der Waals surface area contributed by atoms with Gasteiger partial charge < -0.3 is 39.5 Å². The Kier molecular flexibility index (Phi) is 15.1. The summed E-state index contributed by atoms with van der Waals surface area (Å²) >= 11 is 3.30. The van der Waals surface area contributed by atoms with Gasteiger partial charge in [0.05, 0.1) is 51.9 Å². The van der Waals surface area contributed by atoms with Gasteiger partial charge in [0.15, 0.2) is 0 Å². The molecule has 4 aliphatic rings. The number of anilines is 6. The Morgan fingerprint density at radius 3 is 2.09 bits per heavy atom. The number of furan rings is 1. The van der Waals surface area contributed by atoms with Gasteiger partial charge in [0.1, 0.15) is 22.1 Å². The van der Waals surface area contributed by atoms with E-state index in [0.717, 1.165) is 80.8 Å². The smallest absolute Gasteiger partial charge is 0.263 e. The van der Waals surface area contributed by atoms with Crippen molar-refractivity contribution in [3.8, 4) is 43.8 Å². The van der Waals surface area contributed by atoms with Gasteiger partial charge in [0.2, 0.25) is 17.8 Å². The Labute approximate surface area is 511 Å². The third kappa shape index (κ3) is 11.1. The number of benzene rings is 2. The molecule has 0 aliphatic carbocycles. The van der Waals surface area contributed by atoms with Crippen LogP contribution in [0.5, 0.6) is 0 Å². The SMILES string of the molecule is Cc1ccc(-c2nc(-c3cc4cnc(Nc5ccc(C6=CCN(c7occc7-c7cn(C)c(-c8cc9cnc(Nc%10ccc(N%11CCNCC%11)c(C)c%10)nc9n(C9CCN(S(C)(O)O)CC9)c8=O)n7)CC6)cc5)nc4n(C4CCOC4)c3=O)c(C)s2)s1. The standard InChI is InChI=1S/C63H67N15O6S3/c1-37-30-45(11-12-52(37)74-26-20-64-21-27-74)68-63-66-34-43-32-50(60(80)77(55(43)71-63)46-16-24-76(25-17-46)87(5,81)82)57-69-51(35-73(57)4)48-19-29-84-61(48)75-22-14-41(15-23-75)40-7-9-44(10-8-40)67-62-65-33-42-31-49(59(79)78(56(42)72-62)47-18-28-83-36-47)54-39(3)86-58(70-54)53-13-6-38(2)85-53/h6-14,19,29-35,46-47,64,81-82H,15-18,20-28,36H2,1-5H3,(H,65,67,72)(H,66,68,71). The van der Waals surface area contributed by atoms with Crippen molar-refractivity contribution in [1.82, 2.24) is 53.2 Å². The van der Waals surface area contributed by atoms with E-state index in [4.69, 9.17) is 39.1 Å². The summed E-state index contributed by atoms with van der Waals surface area (Å²) in [5.41, 5.74) is 10.1. The lowest BCUT2D eigenvalue weighted by atomic mass is 9.99. The van der Waals surface area contributed by atoms with Crippen molar-refractivity contribution in [3.05, 3.63) is 145 Å². The minimum Gasteiger partial charge on any atom is -0.448 e. The summed E-state index contributed by atoms with van der Waals surface area (Å²) in [6.45, 7) is 13.1. The van der Waals surface area contributed by atoms with Gasteiger partial charge in [-0.2, -0.15) is 9.97 Å². The lowest BCUT2D eigenvalue weighted by Crippen LogP contribution is -2.43. The maximum atomic E-state index is 15.1. The Balaban J connectivity index is 0.690. The number of piperazine rings is 1. The van der Waals surface area contributed by atoms with Crippen LogP contribution in [-0.2, 0) is 11.8 Å². The lowest BCUT2D eigenvalue weighted by Gasteiger charge is -2.43. The van der Waals surface area contributed by atoms with Crippen LogP contribution in [0.15, 0.2) is 118 Å². The van der Waals surface area contributed by atoms with Crippen molar-refractivity contribution in [2.24, 2.45) is 7.05 Å². The molecule has 2 aromatic carbocycles. The average molecular weight is 1230 g/mol. The number of aryl methyl sites for hydroxylation is 4. The Bertz CT molecular complexity index is 4410. The van der Waals surface area contributed by atoms with E-state index in [1.807, 2.05) is 61.1 Å². The number of imidazole rings is 1. The molecule has 87 heavy (non-hydrogen) atoms. The van der Waals surface area contributed by atoms with Gasteiger partial charge in [-0.15, -0.1) is 33.4 Å². The van der Waals surface area contributed by atoms with E-state index < -0.39 is 10.8 Å². The Morgan fingerprint density at radius 2 is 1.43 bits per heavy atom. The molecule has 448 valence electrons. The molecule has 0 saturated carbocycles. The molecule has 0 amide bonds. The summed E-state index contributed by atoms with van der Waals surface area (Å²) in [7, 11) is -1.02. The first-order valence-corrected chi connectivity index (χ1v) is 32.9. The predicted octanol–water partition coefficient (Wildman–Crippen LogP) is 11.4. The minimum atomic E-state index is -2.91. The number of nitrogens with zero attached hydrogens (tertiary/aromatic N) is 12. The van der Waals surface area contributed by atoms with Crippen LogP contribution in [0.25, 0.3) is 71.4 Å². The number of rotatable bonds is 14. The summed E-state index contributed by atoms with van der Waals surface area (Å²) in [6.07, 6.45) is 13.3. The van der Waals surface area contributed by atoms with Gasteiger partial charge in [-0.05, 0) is 124 Å². The molecule has 21 nitrogen and oxygen atoms in total. The average Bonchev–Trinajstić information content (AvgIpc) is 1.82. The van der Waals surface area contributed by atoms with Crippen molar-refractivity contribution < 1.29 is 18.3 Å². The van der Waals surface area contributed by atoms with Crippen LogP contribution < -0.4 is 36.9 Å². The minimum absolute atomic E-state index is 0.142. The van der Waals surface area contributed by atoms with E-state index in [0.29, 0.717) is 121 Å². The molecular weight excluding hydrogens is 1160 g/mol. The molecule has 1 unspecified atom stereocenters. The second kappa shape index (κ2) is 23.2. The van der Waals surface area contributed by atoms with Crippen molar-refractivity contribution in [2.75, 3.05) is 92.3 Å². The van der Waals surface area contributed by atoms with Gasteiger partial charge in [0, 0.05) is 134 Å². The highest BCUT2D eigenvalue weighted by molar-refractivity contribution is 8.21. The first-order chi connectivity index (χ1) is 42.2. The van der Waals surface area contributed by atoms with Crippen molar-refractivity contribution in [3.63, 3.8) is 0 Å². The number of pyridine rings is 2. The van der Waals surface area contributed by atoms with Crippen molar-refractivity contribution >= 4 is 95.9 Å². The highest BCUT2D eigenvalue weighted by atomic mass is 32.3. The number of ether oxygens (including phenoxy) is 1. The van der Waals surface area contributed by atoms with E-state index in [2.05, 4.69) is 82.1 Å². The molecule has 3 fully saturated rings. The summed E-state index contributed by atoms with van der Waals surface area (Å²) in [5.74, 6) is 1.93. The molecule has 1 atom stereocenters. The zero-order valence-corrected chi connectivity index (χ0v) is 51.4. The molecule has 12 heterocycles. The Morgan fingerprint density at radius 1 is 0.724 bits per heavy atom. The zero-order valence-electron chi connectivity index (χ0n) is 49.0. The molecule has 0 bridgehead atoms. The summed E-state index contributed by atoms with van der Waals surface area (Å²) in [6, 6.07) is 23.9. The molecular formula is C63H67N15O6S3. The third-order valence-corrected chi connectivity index (χ3v) is 20.5. The largest absolute Gasteiger partial charge is 0.448 e. The van der Waals surface area contributed by atoms with Gasteiger partial charge >= 0.3 is 0 Å². The first-order valence-electron chi connectivity index (χ1n) is 29.4. The molecule has 0 spiro atoms. The first kappa shape index (κ1) is 56.7. The fraction of sp³-hybridized carbons (Fsp3) is 0.333. The zero-order chi connectivity index (χ0) is 59.7. The summed E-state index contributed by atoms with van der Waals surface area (Å²) < 4.78 is 40.2. The van der Waals surface area contributed by atoms with Crippen LogP contribution in [0, 0.1) is 20.8 Å². The monoisotopic (exact) mass is 1230 g/mol. The molecule has 8 aromatic heterocycles. The molecule has 24 heteroatoms. The van der Waals surface area contributed by atoms with Crippen LogP contribution in [-0.4, -0.2) is 129 Å². The molecule has 14 rings (SSSR count). The van der Waals surface area contributed by atoms with Crippen molar-refractivity contribution in [2.45, 2.75) is 58.5 Å². The van der Waals surface area contributed by atoms with Gasteiger partial charge in [-0.25, -0.2) is 24.2 Å². The number of hydrogen-bond acceptors (Lipinski definition) is 20. The normalized spacial score (nSPS) is 17.4. The number of thiophene rings is 1. The summed E-state index contributed by atoms with van der Waals surface area (Å²) in [4.78, 5) is 67.1. The quantitative estimate of drug-likeness (QED) is 0.0681. The molecule has 3 saturated heterocycles. The second-order valence-electron chi connectivity index (χ2n) is 22.9. The van der Waals surface area contributed by atoms with Crippen LogP contribution in [0.3, 0.4) is 0 Å². The second-order valence-corrected chi connectivity index (χ2v) is 27.5. The van der Waals surface area contributed by atoms with E-state index in [9.17, 15) is 13.9 Å². The van der Waals surface area contributed by atoms with Crippen LogP contribution in [0.1, 0.15) is 58.6 Å². The maximum Gasteiger partial charge on any atom is 0.263 e. The molecule has 0 radical (unpaired) electrons. The topological polar surface area (TPSA) is 235 Å². The number of nitrogens with one attached hydrogen (secondary N) is 3. The van der Waals surface area contributed by atoms with Gasteiger partial charge in [0.25, 0.3) is 11.1 Å². The van der Waals surface area contributed by atoms with E-state index >= 15 is 4.79 Å². The highest BCUT2D eigenvalue weighted by Gasteiger charge is 2.31. The number of aromatic nitrogens is 9. The highest BCUT2D eigenvalue weighted by Crippen LogP contribution is 2.43. The van der Waals surface area contributed by atoms with E-state index in [1.165, 1.54) is 22.4 Å². The number of thiazole rings is 1. The third-order valence-electron chi connectivity index (χ3n) is 17.1. The van der Waals surface area contributed by atoms with E-state index in [1.54, 1.807) is 54.8 Å². The number of piperidine rings is 1. The van der Waals surface area contributed by atoms with Crippen LogP contribution >= 0.6 is 33.4 Å². The van der Waals surface area contributed by atoms with E-state index in [-0.39, 0.29) is 23.2 Å². The molecule has 4 aliphatic heterocycles. The molecule has 10 aromatic rings. The fourth-order valence-corrected chi connectivity index (χ4v) is 15.3. The fourth-order valence-electron chi connectivity index (χ4n) is 12.6. The Hall–Kier alpha value is -8.07.